The van der Waals surface area contributed by atoms with Gasteiger partial charge < -0.3 is 4.74 Å². The number of benzene rings is 1. The summed E-state index contributed by atoms with van der Waals surface area (Å²) in [5, 5.41) is 8.84. The summed E-state index contributed by atoms with van der Waals surface area (Å²) in [6.45, 7) is 2.19. The van der Waals surface area contributed by atoms with E-state index in [0.717, 1.165) is 24.1 Å². The molecule has 0 saturated carbocycles. The van der Waals surface area contributed by atoms with Crippen LogP contribution in [0.25, 0.3) is 0 Å². The molecule has 0 aromatic heterocycles. The van der Waals surface area contributed by atoms with Crippen molar-refractivity contribution in [2.45, 2.75) is 31.1 Å². The molecule has 1 aromatic carbocycles. The number of hydrogen-bond donors (Lipinski definition) is 2. The fourth-order valence-corrected chi connectivity index (χ4v) is 3.64. The maximum Gasteiger partial charge on any atom is 0.414 e. The first-order valence-corrected chi connectivity index (χ1v) is 9.88. The van der Waals surface area contributed by atoms with E-state index in [1.54, 1.807) is 0 Å². The average Bonchev–Trinajstić information content (AvgIpc) is 2.97. The second-order valence-electron chi connectivity index (χ2n) is 6.40. The molecular weight excluding hydrogens is 398 g/mol. The Morgan fingerprint density at radius 1 is 1.43 bits per heavy atom. The van der Waals surface area contributed by atoms with Crippen LogP contribution in [0.4, 0.5) is 19.3 Å². The fourth-order valence-electron chi connectivity index (χ4n) is 2.77. The molecule has 1 saturated heterocycles. The molecular formula is C17H18F2N2O6S. The molecule has 11 heteroatoms. The Labute approximate surface area is 160 Å². The van der Waals surface area contributed by atoms with E-state index >= 15 is 0 Å². The summed E-state index contributed by atoms with van der Waals surface area (Å²) < 4.78 is 55.4. The number of amides is 2. The number of anilines is 1. The van der Waals surface area contributed by atoms with Crippen molar-refractivity contribution >= 4 is 27.5 Å². The number of rotatable bonds is 5. The minimum atomic E-state index is -4.02. The molecule has 0 spiro atoms. The summed E-state index contributed by atoms with van der Waals surface area (Å²) in [5.41, 5.74) is 0.694. The quantitative estimate of drug-likeness (QED) is 0.426. The van der Waals surface area contributed by atoms with E-state index in [9.17, 15) is 26.8 Å². The average molecular weight is 416 g/mol. The Morgan fingerprint density at radius 2 is 2.07 bits per heavy atom. The second kappa shape index (κ2) is 7.73. The SMILES string of the molecule is CC#Cc1ccc(N2C[C@H](C[C@](C)(C(=O)NO)S(C)(=O)=O)OC2=O)c(F)c1F. The van der Waals surface area contributed by atoms with Crippen LogP contribution < -0.4 is 10.4 Å². The van der Waals surface area contributed by atoms with Gasteiger partial charge in [-0.2, -0.15) is 0 Å². The minimum Gasteiger partial charge on any atom is -0.444 e. The van der Waals surface area contributed by atoms with Crippen molar-refractivity contribution < 1.29 is 36.7 Å². The van der Waals surface area contributed by atoms with Crippen molar-refractivity contribution in [2.24, 2.45) is 0 Å². The third-order valence-corrected chi connectivity index (χ3v) is 6.49. The predicted molar refractivity (Wildman–Crippen MR) is 94.3 cm³/mol. The lowest BCUT2D eigenvalue weighted by Gasteiger charge is -2.26. The zero-order chi connectivity index (χ0) is 21.3. The summed E-state index contributed by atoms with van der Waals surface area (Å²) in [6, 6.07) is 2.35. The molecule has 152 valence electrons. The number of hydroxylamine groups is 1. The lowest BCUT2D eigenvalue weighted by molar-refractivity contribution is -0.132. The van der Waals surface area contributed by atoms with Crippen LogP contribution in [-0.4, -0.2) is 49.3 Å². The van der Waals surface area contributed by atoms with E-state index in [1.807, 2.05) is 0 Å². The molecule has 2 rings (SSSR count). The number of nitrogens with zero attached hydrogens (tertiary/aromatic N) is 1. The smallest absolute Gasteiger partial charge is 0.414 e. The number of hydrogen-bond acceptors (Lipinski definition) is 6. The molecule has 2 N–H and O–H groups in total. The lowest BCUT2D eigenvalue weighted by atomic mass is 10.0. The Balaban J connectivity index is 2.32. The van der Waals surface area contributed by atoms with Gasteiger partial charge in [-0.05, 0) is 26.0 Å². The maximum absolute atomic E-state index is 14.4. The highest BCUT2D eigenvalue weighted by molar-refractivity contribution is 7.92. The van der Waals surface area contributed by atoms with E-state index in [-0.39, 0.29) is 12.1 Å². The van der Waals surface area contributed by atoms with Gasteiger partial charge in [-0.3, -0.25) is 14.9 Å². The number of ether oxygens (including phenoxy) is 1. The van der Waals surface area contributed by atoms with Gasteiger partial charge in [0.1, 0.15) is 6.10 Å². The summed E-state index contributed by atoms with van der Waals surface area (Å²) in [7, 11) is -4.02. The van der Waals surface area contributed by atoms with E-state index in [0.29, 0.717) is 0 Å². The molecule has 28 heavy (non-hydrogen) atoms. The zero-order valence-corrected chi connectivity index (χ0v) is 16.1. The summed E-state index contributed by atoms with van der Waals surface area (Å²) in [6.07, 6.45) is -1.86. The summed E-state index contributed by atoms with van der Waals surface area (Å²) >= 11 is 0. The van der Waals surface area contributed by atoms with Crippen molar-refractivity contribution in [3.8, 4) is 11.8 Å². The molecule has 8 nitrogen and oxygen atoms in total. The third kappa shape index (κ3) is 3.79. The number of carbonyl (C=O) groups is 2. The molecule has 1 aromatic rings. The van der Waals surface area contributed by atoms with Crippen LogP contribution in [-0.2, 0) is 19.4 Å². The topological polar surface area (TPSA) is 113 Å². The first-order valence-electron chi connectivity index (χ1n) is 7.99. The van der Waals surface area contributed by atoms with Crippen LogP contribution in [0.2, 0.25) is 0 Å². The molecule has 2 amide bonds. The lowest BCUT2D eigenvalue weighted by Crippen LogP contribution is -2.51. The van der Waals surface area contributed by atoms with Crippen molar-refractivity contribution in [1.29, 1.82) is 0 Å². The van der Waals surface area contributed by atoms with Crippen molar-refractivity contribution in [1.82, 2.24) is 5.48 Å². The third-order valence-electron chi connectivity index (χ3n) is 4.50. The molecule has 0 bridgehead atoms. The monoisotopic (exact) mass is 416 g/mol. The normalized spacial score (nSPS) is 18.7. The van der Waals surface area contributed by atoms with E-state index in [2.05, 4.69) is 11.8 Å². The molecule has 2 atom stereocenters. The van der Waals surface area contributed by atoms with Crippen molar-refractivity contribution in [3.05, 3.63) is 29.3 Å². The second-order valence-corrected chi connectivity index (χ2v) is 8.85. The molecule has 0 aliphatic carbocycles. The van der Waals surface area contributed by atoms with Gasteiger partial charge in [0.2, 0.25) is 0 Å². The van der Waals surface area contributed by atoms with Crippen LogP contribution >= 0.6 is 0 Å². The van der Waals surface area contributed by atoms with Crippen LogP contribution in [0, 0.1) is 23.5 Å². The zero-order valence-electron chi connectivity index (χ0n) is 15.2. The Hall–Kier alpha value is -2.71. The van der Waals surface area contributed by atoms with E-state index in [1.165, 1.54) is 18.5 Å². The van der Waals surface area contributed by atoms with Crippen molar-refractivity contribution in [3.63, 3.8) is 0 Å². The molecule has 1 heterocycles. The molecule has 0 unspecified atom stereocenters. The molecule has 1 aliphatic heterocycles. The highest BCUT2D eigenvalue weighted by Crippen LogP contribution is 2.32. The van der Waals surface area contributed by atoms with Gasteiger partial charge in [-0.25, -0.2) is 27.5 Å². The van der Waals surface area contributed by atoms with Crippen molar-refractivity contribution in [2.75, 3.05) is 17.7 Å². The Kier molecular flexibility index (Phi) is 5.96. The number of carbonyl (C=O) groups excluding carboxylic acids is 2. The summed E-state index contributed by atoms with van der Waals surface area (Å²) in [4.78, 5) is 24.8. The van der Waals surface area contributed by atoms with Gasteiger partial charge >= 0.3 is 6.09 Å². The van der Waals surface area contributed by atoms with Gasteiger partial charge in [0, 0.05) is 12.7 Å². The standard InChI is InChI=1S/C17H18F2N2O6S/c1-4-5-10-6-7-12(14(19)13(10)18)21-9-11(27-16(21)23)8-17(2,15(22)20-24)28(3,25)26/h6-7,11,24H,8-9H2,1-3H3,(H,20,22)/t11-,17+/m0/s1. The largest absolute Gasteiger partial charge is 0.444 e. The number of sulfone groups is 1. The van der Waals surface area contributed by atoms with Gasteiger partial charge in [0.15, 0.2) is 26.2 Å². The van der Waals surface area contributed by atoms with E-state index < -0.39 is 56.4 Å². The molecule has 1 aliphatic rings. The van der Waals surface area contributed by atoms with Gasteiger partial charge in [0.05, 0.1) is 17.8 Å². The predicted octanol–water partition coefficient (Wildman–Crippen LogP) is 1.36. The van der Waals surface area contributed by atoms with Crippen LogP contribution in [0.5, 0.6) is 0 Å². The molecule has 1 fully saturated rings. The Bertz CT molecular complexity index is 985. The van der Waals surface area contributed by atoms with E-state index in [4.69, 9.17) is 9.94 Å². The highest BCUT2D eigenvalue weighted by atomic mass is 32.2. The van der Waals surface area contributed by atoms with Crippen LogP contribution in [0.1, 0.15) is 25.8 Å². The Morgan fingerprint density at radius 3 is 2.61 bits per heavy atom. The fraction of sp³-hybridized carbons (Fsp3) is 0.412. The van der Waals surface area contributed by atoms with Gasteiger partial charge in [0.25, 0.3) is 5.91 Å². The number of halogens is 2. The van der Waals surface area contributed by atoms with Crippen LogP contribution in [0.3, 0.4) is 0 Å². The number of nitrogens with one attached hydrogen (secondary N) is 1. The number of cyclic esters (lactones) is 1. The summed E-state index contributed by atoms with van der Waals surface area (Å²) in [5.74, 6) is 1.08. The molecule has 0 radical (unpaired) electrons. The first-order chi connectivity index (χ1) is 13.0. The minimum absolute atomic E-state index is 0.183. The van der Waals surface area contributed by atoms with Crippen LogP contribution in [0.15, 0.2) is 12.1 Å². The van der Waals surface area contributed by atoms with Gasteiger partial charge in [-0.1, -0.05) is 5.92 Å². The highest BCUT2D eigenvalue weighted by Gasteiger charge is 2.48. The van der Waals surface area contributed by atoms with Gasteiger partial charge in [-0.15, -0.1) is 5.92 Å². The first kappa shape index (κ1) is 21.6. The maximum atomic E-state index is 14.4.